The molecule has 0 radical (unpaired) electrons. The van der Waals surface area contributed by atoms with Gasteiger partial charge < -0.3 is 25.0 Å². The Labute approximate surface area is 150 Å². The largest absolute Gasteiger partial charge is 0.361 e. The van der Waals surface area contributed by atoms with Crippen molar-refractivity contribution in [1.29, 1.82) is 0 Å². The average Bonchev–Trinajstić information content (AvgIpc) is 3.34. The van der Waals surface area contributed by atoms with Crippen molar-refractivity contribution in [2.75, 3.05) is 13.1 Å². The van der Waals surface area contributed by atoms with Crippen molar-refractivity contribution < 1.29 is 14.1 Å². The van der Waals surface area contributed by atoms with Crippen molar-refractivity contribution in [3.8, 4) is 0 Å². The Morgan fingerprint density at radius 1 is 1.38 bits per heavy atom. The minimum atomic E-state index is -0.283. The molecule has 2 amide bonds. The zero-order valence-corrected chi connectivity index (χ0v) is 14.8. The number of aryl methyl sites for hydroxylation is 2. The molecule has 0 unspecified atom stereocenters. The van der Waals surface area contributed by atoms with Gasteiger partial charge in [0.05, 0.1) is 36.0 Å². The second kappa shape index (κ2) is 6.56. The molecule has 2 atom stereocenters. The molecule has 138 valence electrons. The van der Waals surface area contributed by atoms with E-state index >= 15 is 0 Å². The maximum atomic E-state index is 12.8. The number of carbonyl (C=O) groups is 2. The molecular weight excluding hydrogens is 336 g/mol. The molecule has 0 saturated carbocycles. The number of hydrogen-bond donors (Lipinski definition) is 3. The fraction of sp³-hybridized carbons (Fsp3) is 0.529. The predicted molar refractivity (Wildman–Crippen MR) is 91.3 cm³/mol. The third kappa shape index (κ3) is 2.98. The molecular formula is C17H22N6O3. The van der Waals surface area contributed by atoms with Gasteiger partial charge in [-0.25, -0.2) is 4.98 Å². The lowest BCUT2D eigenvalue weighted by molar-refractivity contribution is -0.134. The summed E-state index contributed by atoms with van der Waals surface area (Å²) >= 11 is 0. The maximum Gasteiger partial charge on any atom is 0.257 e. The van der Waals surface area contributed by atoms with Gasteiger partial charge in [0.25, 0.3) is 5.91 Å². The molecule has 0 spiro atoms. The average molecular weight is 358 g/mol. The summed E-state index contributed by atoms with van der Waals surface area (Å²) in [6.07, 6.45) is 3.01. The summed E-state index contributed by atoms with van der Waals surface area (Å²) in [5, 5.41) is 10.0. The summed E-state index contributed by atoms with van der Waals surface area (Å²) in [6, 6.07) is -0.382. The van der Waals surface area contributed by atoms with E-state index in [2.05, 4.69) is 25.8 Å². The van der Waals surface area contributed by atoms with E-state index < -0.39 is 0 Å². The van der Waals surface area contributed by atoms with Crippen molar-refractivity contribution >= 4 is 11.8 Å². The molecule has 2 aromatic heterocycles. The zero-order chi connectivity index (χ0) is 18.3. The van der Waals surface area contributed by atoms with Crippen LogP contribution in [0.2, 0.25) is 0 Å². The molecule has 0 bridgehead atoms. The highest BCUT2D eigenvalue weighted by atomic mass is 16.5. The van der Waals surface area contributed by atoms with Crippen LogP contribution in [0.25, 0.3) is 0 Å². The van der Waals surface area contributed by atoms with Crippen LogP contribution < -0.4 is 10.6 Å². The first-order chi connectivity index (χ1) is 12.5. The number of aromatic amines is 1. The number of hydrogen-bond acceptors (Lipinski definition) is 6. The Morgan fingerprint density at radius 3 is 3.00 bits per heavy atom. The fourth-order valence-electron chi connectivity index (χ4n) is 3.72. The van der Waals surface area contributed by atoms with Gasteiger partial charge in [-0.3, -0.25) is 9.59 Å². The lowest BCUT2D eigenvalue weighted by Crippen LogP contribution is -2.45. The van der Waals surface area contributed by atoms with E-state index in [-0.39, 0.29) is 23.9 Å². The highest BCUT2D eigenvalue weighted by Gasteiger charge is 2.35. The number of nitrogens with one attached hydrogen (secondary N) is 3. The Bertz CT molecular complexity index is 822. The summed E-state index contributed by atoms with van der Waals surface area (Å²) in [4.78, 5) is 34.4. The minimum Gasteiger partial charge on any atom is -0.361 e. The summed E-state index contributed by atoms with van der Waals surface area (Å²) in [5.41, 5.74) is 3.09. The molecule has 9 heteroatoms. The van der Waals surface area contributed by atoms with Crippen LogP contribution >= 0.6 is 0 Å². The van der Waals surface area contributed by atoms with E-state index in [4.69, 9.17) is 4.52 Å². The van der Waals surface area contributed by atoms with Crippen LogP contribution in [-0.2, 0) is 17.8 Å². The van der Waals surface area contributed by atoms with Gasteiger partial charge in [-0.15, -0.1) is 0 Å². The van der Waals surface area contributed by atoms with Crippen molar-refractivity contribution in [2.45, 2.75) is 45.3 Å². The van der Waals surface area contributed by atoms with Gasteiger partial charge in [0.15, 0.2) is 0 Å². The van der Waals surface area contributed by atoms with Gasteiger partial charge in [-0.1, -0.05) is 5.16 Å². The van der Waals surface area contributed by atoms with Gasteiger partial charge in [-0.2, -0.15) is 0 Å². The van der Waals surface area contributed by atoms with Crippen LogP contribution in [0.4, 0.5) is 0 Å². The normalized spacial score (nSPS) is 22.3. The molecule has 4 heterocycles. The van der Waals surface area contributed by atoms with Gasteiger partial charge in [0, 0.05) is 25.6 Å². The summed E-state index contributed by atoms with van der Waals surface area (Å²) in [5.74, 6) is 0.364. The predicted octanol–water partition coefficient (Wildman–Crippen LogP) is 0.0597. The smallest absolute Gasteiger partial charge is 0.257 e. The van der Waals surface area contributed by atoms with Crippen LogP contribution in [0.3, 0.4) is 0 Å². The van der Waals surface area contributed by atoms with Gasteiger partial charge in [0.1, 0.15) is 11.3 Å². The number of nitrogens with zero attached hydrogens (tertiary/aromatic N) is 3. The molecule has 0 aromatic carbocycles. The number of aromatic nitrogens is 3. The van der Waals surface area contributed by atoms with E-state index in [1.807, 2.05) is 4.90 Å². The molecule has 1 saturated heterocycles. The molecule has 4 rings (SSSR count). The summed E-state index contributed by atoms with van der Waals surface area (Å²) in [6.45, 7) is 5.25. The first-order valence-electron chi connectivity index (χ1n) is 8.80. The summed E-state index contributed by atoms with van der Waals surface area (Å²) < 4.78 is 5.05. The van der Waals surface area contributed by atoms with Crippen molar-refractivity contribution in [1.82, 2.24) is 30.7 Å². The Balaban J connectivity index is 1.35. The lowest BCUT2D eigenvalue weighted by atomic mass is 10.1. The molecule has 9 nitrogen and oxygen atoms in total. The minimum absolute atomic E-state index is 0.0688. The lowest BCUT2D eigenvalue weighted by Gasteiger charge is -2.28. The second-order valence-electron chi connectivity index (χ2n) is 6.90. The Kier molecular flexibility index (Phi) is 4.23. The van der Waals surface area contributed by atoms with Gasteiger partial charge >= 0.3 is 0 Å². The number of fused-ring (bicyclic) bond motifs is 1. The third-order valence-corrected chi connectivity index (χ3v) is 5.11. The first-order valence-corrected chi connectivity index (χ1v) is 8.80. The molecule has 2 aliphatic rings. The fourth-order valence-corrected chi connectivity index (χ4v) is 3.72. The highest BCUT2D eigenvalue weighted by Crippen LogP contribution is 2.19. The standard InChI is InChI=1S/C17H22N6O3/c1-9-15(10(2)26-22-9)16(24)21-11-5-13(18-6-11)17(25)23-4-3-12-14(7-23)20-8-19-12/h8,11,13,18H,3-7H2,1-2H3,(H,19,20)(H,21,24)/t11-,13+/m1/s1. The topological polar surface area (TPSA) is 116 Å². The van der Waals surface area contributed by atoms with E-state index in [0.717, 1.165) is 17.8 Å². The number of imidazole rings is 1. The molecule has 2 aliphatic heterocycles. The van der Waals surface area contributed by atoms with Crippen LogP contribution in [0.15, 0.2) is 10.9 Å². The number of H-pyrrole nitrogens is 1. The van der Waals surface area contributed by atoms with Crippen molar-refractivity contribution in [3.05, 3.63) is 34.7 Å². The van der Waals surface area contributed by atoms with Gasteiger partial charge in [-0.05, 0) is 20.3 Å². The molecule has 3 N–H and O–H groups in total. The van der Waals surface area contributed by atoms with Crippen LogP contribution in [0.1, 0.15) is 39.6 Å². The van der Waals surface area contributed by atoms with E-state index in [9.17, 15) is 9.59 Å². The monoisotopic (exact) mass is 358 g/mol. The molecule has 1 fully saturated rings. The van der Waals surface area contributed by atoms with E-state index in [1.54, 1.807) is 20.2 Å². The molecule has 2 aromatic rings. The summed E-state index contributed by atoms with van der Waals surface area (Å²) in [7, 11) is 0. The molecule has 26 heavy (non-hydrogen) atoms. The van der Waals surface area contributed by atoms with E-state index in [1.165, 1.54) is 0 Å². The second-order valence-corrected chi connectivity index (χ2v) is 6.90. The highest BCUT2D eigenvalue weighted by molar-refractivity contribution is 5.96. The SMILES string of the molecule is Cc1noc(C)c1C(=O)N[C@H]1CN[C@H](C(=O)N2CCc3nc[nH]c3C2)C1. The zero-order valence-electron chi connectivity index (χ0n) is 14.8. The Hall–Kier alpha value is -2.68. The van der Waals surface area contributed by atoms with Crippen molar-refractivity contribution in [2.24, 2.45) is 0 Å². The van der Waals surface area contributed by atoms with Crippen LogP contribution in [-0.4, -0.2) is 57.0 Å². The van der Waals surface area contributed by atoms with Gasteiger partial charge in [0.2, 0.25) is 5.91 Å². The van der Waals surface area contributed by atoms with Crippen LogP contribution in [0.5, 0.6) is 0 Å². The first kappa shape index (κ1) is 16.8. The maximum absolute atomic E-state index is 12.8. The van der Waals surface area contributed by atoms with E-state index in [0.29, 0.717) is 43.1 Å². The number of carbonyl (C=O) groups excluding carboxylic acids is 2. The van der Waals surface area contributed by atoms with Crippen LogP contribution in [0, 0.1) is 13.8 Å². The quantitative estimate of drug-likeness (QED) is 0.714. The number of amides is 2. The molecule has 0 aliphatic carbocycles. The van der Waals surface area contributed by atoms with Crippen molar-refractivity contribution in [3.63, 3.8) is 0 Å². The Morgan fingerprint density at radius 2 is 2.23 bits per heavy atom. The third-order valence-electron chi connectivity index (χ3n) is 5.11. The number of rotatable bonds is 3.